The van der Waals surface area contributed by atoms with Crippen LogP contribution in [0, 0.1) is 12.8 Å². The zero-order chi connectivity index (χ0) is 17.2. The molecule has 2 rings (SSSR count). The highest BCUT2D eigenvalue weighted by Gasteiger charge is 2.35. The quantitative estimate of drug-likeness (QED) is 0.712. The van der Waals surface area contributed by atoms with Crippen LogP contribution in [0.3, 0.4) is 0 Å². The molecule has 126 valence electrons. The Morgan fingerprint density at radius 3 is 2.52 bits per heavy atom. The largest absolute Gasteiger partial charge is 0.481 e. The maximum atomic E-state index is 12.3. The summed E-state index contributed by atoms with van der Waals surface area (Å²) in [6, 6.07) is 4.20. The SMILES string of the molecule is CCNS(=O)(=O)c1ccc(C)c(C(=O)NC2CC(C(=O)O)C2)c1. The highest BCUT2D eigenvalue weighted by molar-refractivity contribution is 7.89. The van der Waals surface area contributed by atoms with E-state index in [4.69, 9.17) is 5.11 Å². The Bertz CT molecular complexity index is 723. The molecule has 1 fully saturated rings. The average Bonchev–Trinajstić information content (AvgIpc) is 2.41. The van der Waals surface area contributed by atoms with Gasteiger partial charge in [0.2, 0.25) is 10.0 Å². The lowest BCUT2D eigenvalue weighted by atomic mass is 9.80. The van der Waals surface area contributed by atoms with Crippen molar-refractivity contribution < 1.29 is 23.1 Å². The fourth-order valence-corrected chi connectivity index (χ4v) is 3.55. The van der Waals surface area contributed by atoms with Crippen LogP contribution in [0.15, 0.2) is 23.1 Å². The number of carbonyl (C=O) groups excluding carboxylic acids is 1. The molecule has 0 aromatic heterocycles. The maximum absolute atomic E-state index is 12.3. The number of amides is 1. The van der Waals surface area contributed by atoms with Crippen molar-refractivity contribution >= 4 is 21.9 Å². The van der Waals surface area contributed by atoms with Gasteiger partial charge in [0.05, 0.1) is 10.8 Å². The summed E-state index contributed by atoms with van der Waals surface area (Å²) in [5.74, 6) is -1.66. The molecule has 1 amide bonds. The van der Waals surface area contributed by atoms with Gasteiger partial charge in [-0.3, -0.25) is 9.59 Å². The van der Waals surface area contributed by atoms with Gasteiger partial charge in [0.25, 0.3) is 5.91 Å². The molecule has 0 aliphatic heterocycles. The Morgan fingerprint density at radius 2 is 1.96 bits per heavy atom. The first-order valence-electron chi connectivity index (χ1n) is 7.38. The van der Waals surface area contributed by atoms with E-state index in [1.165, 1.54) is 12.1 Å². The summed E-state index contributed by atoms with van der Waals surface area (Å²) in [6.45, 7) is 3.66. The zero-order valence-electron chi connectivity index (χ0n) is 13.0. The molecule has 8 heteroatoms. The number of carboxylic acid groups (broad SMARTS) is 1. The summed E-state index contributed by atoms with van der Waals surface area (Å²) in [5.41, 5.74) is 0.940. The van der Waals surface area contributed by atoms with Gasteiger partial charge in [-0.05, 0) is 37.5 Å². The molecular weight excluding hydrogens is 320 g/mol. The first kappa shape index (κ1) is 17.4. The van der Waals surface area contributed by atoms with Crippen molar-refractivity contribution in [2.24, 2.45) is 5.92 Å². The Kier molecular flexibility index (Phi) is 5.06. The van der Waals surface area contributed by atoms with Gasteiger partial charge in [-0.25, -0.2) is 13.1 Å². The van der Waals surface area contributed by atoms with Crippen LogP contribution in [0.2, 0.25) is 0 Å². The summed E-state index contributed by atoms with van der Waals surface area (Å²) in [5, 5.41) is 11.6. The van der Waals surface area contributed by atoms with Crippen LogP contribution in [-0.4, -0.2) is 38.0 Å². The molecule has 23 heavy (non-hydrogen) atoms. The lowest BCUT2D eigenvalue weighted by molar-refractivity contribution is -0.145. The molecule has 0 heterocycles. The van der Waals surface area contributed by atoms with E-state index in [0.29, 0.717) is 18.4 Å². The molecule has 3 N–H and O–H groups in total. The number of sulfonamides is 1. The van der Waals surface area contributed by atoms with Gasteiger partial charge < -0.3 is 10.4 Å². The molecule has 0 atom stereocenters. The molecule has 1 aromatic rings. The monoisotopic (exact) mass is 340 g/mol. The highest BCUT2D eigenvalue weighted by atomic mass is 32.2. The average molecular weight is 340 g/mol. The number of aliphatic carboxylic acids is 1. The van der Waals surface area contributed by atoms with E-state index in [1.54, 1.807) is 19.9 Å². The fraction of sp³-hybridized carbons (Fsp3) is 0.467. The van der Waals surface area contributed by atoms with Crippen LogP contribution in [0.25, 0.3) is 0 Å². The van der Waals surface area contributed by atoms with E-state index < -0.39 is 21.9 Å². The van der Waals surface area contributed by atoms with Gasteiger partial charge >= 0.3 is 5.97 Å². The number of nitrogens with one attached hydrogen (secondary N) is 2. The van der Waals surface area contributed by atoms with Crippen molar-refractivity contribution in [1.82, 2.24) is 10.0 Å². The number of benzene rings is 1. The van der Waals surface area contributed by atoms with E-state index in [2.05, 4.69) is 10.0 Å². The summed E-state index contributed by atoms with van der Waals surface area (Å²) in [6.07, 6.45) is 0.797. The zero-order valence-corrected chi connectivity index (χ0v) is 13.8. The first-order chi connectivity index (χ1) is 10.7. The number of hydrogen-bond donors (Lipinski definition) is 3. The Labute approximate surface area is 135 Å². The smallest absolute Gasteiger partial charge is 0.306 e. The van der Waals surface area contributed by atoms with Crippen molar-refractivity contribution in [3.05, 3.63) is 29.3 Å². The van der Waals surface area contributed by atoms with E-state index in [0.717, 1.165) is 0 Å². The molecule has 1 aromatic carbocycles. The first-order valence-corrected chi connectivity index (χ1v) is 8.87. The van der Waals surface area contributed by atoms with Crippen LogP contribution in [0.5, 0.6) is 0 Å². The van der Waals surface area contributed by atoms with Gasteiger partial charge in [-0.1, -0.05) is 13.0 Å². The second-order valence-electron chi connectivity index (χ2n) is 5.66. The van der Waals surface area contributed by atoms with Crippen molar-refractivity contribution in [3.8, 4) is 0 Å². The topological polar surface area (TPSA) is 113 Å². The van der Waals surface area contributed by atoms with Gasteiger partial charge in [0, 0.05) is 18.2 Å². The minimum atomic E-state index is -3.63. The lowest BCUT2D eigenvalue weighted by Gasteiger charge is -2.33. The van der Waals surface area contributed by atoms with Crippen LogP contribution in [-0.2, 0) is 14.8 Å². The van der Waals surface area contributed by atoms with Crippen molar-refractivity contribution in [2.75, 3.05) is 6.54 Å². The lowest BCUT2D eigenvalue weighted by Crippen LogP contribution is -2.46. The van der Waals surface area contributed by atoms with E-state index in [1.807, 2.05) is 0 Å². The Hall–Kier alpha value is -1.93. The molecule has 1 aliphatic carbocycles. The number of hydrogen-bond acceptors (Lipinski definition) is 4. The number of rotatable bonds is 6. The molecule has 1 saturated carbocycles. The van der Waals surface area contributed by atoms with Crippen LogP contribution >= 0.6 is 0 Å². The summed E-state index contributed by atoms with van der Waals surface area (Å²) in [4.78, 5) is 23.1. The van der Waals surface area contributed by atoms with Crippen LogP contribution in [0.1, 0.15) is 35.7 Å². The molecular formula is C15H20N2O5S. The van der Waals surface area contributed by atoms with E-state index in [9.17, 15) is 18.0 Å². The molecule has 0 unspecified atom stereocenters. The number of carbonyl (C=O) groups is 2. The van der Waals surface area contributed by atoms with Gasteiger partial charge in [0.1, 0.15) is 0 Å². The molecule has 0 bridgehead atoms. The van der Waals surface area contributed by atoms with Gasteiger partial charge in [-0.2, -0.15) is 0 Å². The second-order valence-corrected chi connectivity index (χ2v) is 7.42. The minimum Gasteiger partial charge on any atom is -0.481 e. The maximum Gasteiger partial charge on any atom is 0.306 e. The van der Waals surface area contributed by atoms with E-state index >= 15 is 0 Å². The summed E-state index contributed by atoms with van der Waals surface area (Å²) in [7, 11) is -3.63. The van der Waals surface area contributed by atoms with Crippen molar-refractivity contribution in [3.63, 3.8) is 0 Å². The van der Waals surface area contributed by atoms with Gasteiger partial charge in [-0.15, -0.1) is 0 Å². The summed E-state index contributed by atoms with van der Waals surface area (Å²) >= 11 is 0. The summed E-state index contributed by atoms with van der Waals surface area (Å²) < 4.78 is 26.4. The number of carboxylic acids is 1. The Morgan fingerprint density at radius 1 is 1.30 bits per heavy atom. The van der Waals surface area contributed by atoms with Crippen LogP contribution in [0.4, 0.5) is 0 Å². The predicted octanol–water partition coefficient (Wildman–Crippen LogP) is 0.886. The molecule has 1 aliphatic rings. The third-order valence-corrected chi connectivity index (χ3v) is 5.46. The third kappa shape index (κ3) is 3.89. The van der Waals surface area contributed by atoms with E-state index in [-0.39, 0.29) is 29.0 Å². The normalized spacial score (nSPS) is 20.6. The van der Waals surface area contributed by atoms with Crippen molar-refractivity contribution in [2.45, 2.75) is 37.6 Å². The van der Waals surface area contributed by atoms with Crippen LogP contribution < -0.4 is 10.0 Å². The second kappa shape index (κ2) is 6.67. The molecule has 0 saturated heterocycles. The highest BCUT2D eigenvalue weighted by Crippen LogP contribution is 2.28. The van der Waals surface area contributed by atoms with Crippen molar-refractivity contribution in [1.29, 1.82) is 0 Å². The number of aryl methyl sites for hydroxylation is 1. The molecule has 7 nitrogen and oxygen atoms in total. The molecule has 0 spiro atoms. The third-order valence-electron chi connectivity index (χ3n) is 3.92. The molecule has 0 radical (unpaired) electrons. The predicted molar refractivity (Wildman–Crippen MR) is 83.7 cm³/mol. The standard InChI is InChI=1S/C15H20N2O5S/c1-3-16-23(21,22)12-5-4-9(2)13(8-12)14(18)17-11-6-10(7-11)15(19)20/h4-5,8,10-11,16H,3,6-7H2,1-2H3,(H,17,18)(H,19,20). The van der Waals surface area contributed by atoms with Gasteiger partial charge in [0.15, 0.2) is 0 Å². The minimum absolute atomic E-state index is 0.0344. The Balaban J connectivity index is 2.13. The fourth-order valence-electron chi connectivity index (χ4n) is 2.49.